The molecule has 1 aromatic rings. The van der Waals surface area contributed by atoms with Crippen LogP contribution in [0.5, 0.6) is 0 Å². The molecule has 0 aromatic carbocycles. The number of carbonyl (C=O) groups excluding carboxylic acids is 1. The van der Waals surface area contributed by atoms with Crippen molar-refractivity contribution in [2.75, 3.05) is 19.7 Å². The van der Waals surface area contributed by atoms with Gasteiger partial charge in [0.1, 0.15) is 0 Å². The lowest BCUT2D eigenvalue weighted by Crippen LogP contribution is -2.44. The second-order valence-corrected chi connectivity index (χ2v) is 7.09. The third-order valence-electron chi connectivity index (χ3n) is 3.16. The Morgan fingerprint density at radius 3 is 2.81 bits per heavy atom. The van der Waals surface area contributed by atoms with Crippen molar-refractivity contribution in [3.8, 4) is 11.8 Å². The minimum Gasteiger partial charge on any atom is -0.395 e. The van der Waals surface area contributed by atoms with Gasteiger partial charge in [-0.15, -0.1) is 0 Å². The molecule has 4 nitrogen and oxygen atoms in total. The highest BCUT2D eigenvalue weighted by atomic mass is 32.2. The molecule has 0 aliphatic carbocycles. The van der Waals surface area contributed by atoms with Crippen molar-refractivity contribution in [2.45, 2.75) is 30.8 Å². The molecule has 1 fully saturated rings. The van der Waals surface area contributed by atoms with Gasteiger partial charge < -0.3 is 10.0 Å². The standard InChI is InChI=1S/C16H20N2O2S/c1-12-10-18(11-13(2)21-12)16(20)15-7-14(8-17-9-15)5-3-4-6-19/h7-9,12-13,19H,4,6,10-11H2,1-2H3. The van der Waals surface area contributed by atoms with Crippen molar-refractivity contribution >= 4 is 17.7 Å². The summed E-state index contributed by atoms with van der Waals surface area (Å²) in [6.07, 6.45) is 3.66. The average Bonchev–Trinajstić information content (AvgIpc) is 2.46. The molecule has 5 heteroatoms. The first-order valence-electron chi connectivity index (χ1n) is 7.09. The summed E-state index contributed by atoms with van der Waals surface area (Å²) in [6.45, 7) is 5.88. The van der Waals surface area contributed by atoms with Crippen LogP contribution in [0, 0.1) is 11.8 Å². The van der Waals surface area contributed by atoms with Crippen molar-refractivity contribution in [2.24, 2.45) is 0 Å². The van der Waals surface area contributed by atoms with E-state index in [-0.39, 0.29) is 12.5 Å². The third kappa shape index (κ3) is 4.48. The Morgan fingerprint density at radius 1 is 1.43 bits per heavy atom. The summed E-state index contributed by atoms with van der Waals surface area (Å²) < 4.78 is 0. The second-order valence-electron chi connectivity index (χ2n) is 5.21. The minimum atomic E-state index is 0.0207. The molecule has 0 spiro atoms. The number of hydrogen-bond donors (Lipinski definition) is 1. The van der Waals surface area contributed by atoms with Crippen LogP contribution in [0.1, 0.15) is 36.2 Å². The van der Waals surface area contributed by atoms with Crippen LogP contribution >= 0.6 is 11.8 Å². The molecule has 1 N–H and O–H groups in total. The van der Waals surface area contributed by atoms with E-state index in [2.05, 4.69) is 30.7 Å². The van der Waals surface area contributed by atoms with Crippen molar-refractivity contribution in [1.82, 2.24) is 9.88 Å². The van der Waals surface area contributed by atoms with Gasteiger partial charge in [0, 0.05) is 48.0 Å². The summed E-state index contributed by atoms with van der Waals surface area (Å²) >= 11 is 1.92. The molecular weight excluding hydrogens is 284 g/mol. The fourth-order valence-electron chi connectivity index (χ4n) is 2.37. The molecule has 1 amide bonds. The highest BCUT2D eigenvalue weighted by Gasteiger charge is 2.26. The highest BCUT2D eigenvalue weighted by molar-refractivity contribution is 8.00. The van der Waals surface area contributed by atoms with Gasteiger partial charge in [-0.1, -0.05) is 25.7 Å². The zero-order chi connectivity index (χ0) is 15.2. The zero-order valence-electron chi connectivity index (χ0n) is 12.4. The van der Waals surface area contributed by atoms with Crippen LogP contribution in [0.4, 0.5) is 0 Å². The monoisotopic (exact) mass is 304 g/mol. The molecule has 2 heterocycles. The second kappa shape index (κ2) is 7.48. The van der Waals surface area contributed by atoms with Crippen molar-refractivity contribution < 1.29 is 9.90 Å². The Morgan fingerprint density at radius 2 is 2.14 bits per heavy atom. The first kappa shape index (κ1) is 15.9. The van der Waals surface area contributed by atoms with Gasteiger partial charge in [-0.05, 0) is 6.07 Å². The molecule has 21 heavy (non-hydrogen) atoms. The number of nitrogens with zero attached hydrogens (tertiary/aromatic N) is 2. The molecule has 1 saturated heterocycles. The van der Waals surface area contributed by atoms with Gasteiger partial charge in [-0.25, -0.2) is 0 Å². The van der Waals surface area contributed by atoms with Crippen molar-refractivity contribution in [3.63, 3.8) is 0 Å². The molecule has 0 saturated carbocycles. The molecule has 1 aliphatic rings. The Bertz CT molecular complexity index is 555. The molecule has 2 atom stereocenters. The van der Waals surface area contributed by atoms with Crippen LogP contribution in [0.2, 0.25) is 0 Å². The van der Waals surface area contributed by atoms with Crippen molar-refractivity contribution in [1.29, 1.82) is 0 Å². The molecule has 112 valence electrons. The molecule has 0 radical (unpaired) electrons. The van der Waals surface area contributed by atoms with E-state index in [0.717, 1.165) is 13.1 Å². The SMILES string of the molecule is CC1CN(C(=O)c2cncc(C#CCCO)c2)CC(C)S1. The van der Waals surface area contributed by atoms with Crippen LogP contribution in [0.25, 0.3) is 0 Å². The Hall–Kier alpha value is -1.51. The zero-order valence-corrected chi connectivity index (χ0v) is 13.2. The summed E-state index contributed by atoms with van der Waals surface area (Å²) in [5.41, 5.74) is 1.29. The van der Waals surface area contributed by atoms with E-state index in [4.69, 9.17) is 5.11 Å². The number of pyridine rings is 1. The largest absolute Gasteiger partial charge is 0.395 e. The first-order valence-corrected chi connectivity index (χ1v) is 8.04. The minimum absolute atomic E-state index is 0.0207. The number of hydrogen-bond acceptors (Lipinski definition) is 4. The van der Waals surface area contributed by atoms with Gasteiger partial charge >= 0.3 is 0 Å². The van der Waals surface area contributed by atoms with Gasteiger partial charge in [-0.3, -0.25) is 9.78 Å². The number of aliphatic hydroxyl groups excluding tert-OH is 1. The Balaban J connectivity index is 2.12. The number of aromatic nitrogens is 1. The van der Waals surface area contributed by atoms with Gasteiger partial charge in [0.25, 0.3) is 5.91 Å². The molecule has 1 aliphatic heterocycles. The van der Waals surface area contributed by atoms with Crippen molar-refractivity contribution in [3.05, 3.63) is 29.6 Å². The van der Waals surface area contributed by atoms with Gasteiger partial charge in [0.05, 0.1) is 12.2 Å². The topological polar surface area (TPSA) is 53.4 Å². The predicted octanol–water partition coefficient (Wildman–Crippen LogP) is 1.78. The number of amides is 1. The Labute approximate surface area is 129 Å². The highest BCUT2D eigenvalue weighted by Crippen LogP contribution is 2.25. The van der Waals surface area contributed by atoms with E-state index in [1.54, 1.807) is 18.5 Å². The maximum atomic E-state index is 12.6. The fourth-order valence-corrected chi connectivity index (χ4v) is 3.70. The maximum Gasteiger partial charge on any atom is 0.255 e. The predicted molar refractivity (Wildman–Crippen MR) is 85.2 cm³/mol. The molecule has 0 bridgehead atoms. The van der Waals surface area contributed by atoms with Crippen LogP contribution < -0.4 is 0 Å². The number of carbonyl (C=O) groups is 1. The summed E-state index contributed by atoms with van der Waals surface area (Å²) in [7, 11) is 0. The number of thioether (sulfide) groups is 1. The van der Waals surface area contributed by atoms with Gasteiger partial charge in [0.15, 0.2) is 0 Å². The molecule has 1 aromatic heterocycles. The summed E-state index contributed by atoms with van der Waals surface area (Å²) in [6, 6.07) is 1.77. The maximum absolute atomic E-state index is 12.6. The lowest BCUT2D eigenvalue weighted by Gasteiger charge is -2.34. The van der Waals surface area contributed by atoms with E-state index in [0.29, 0.717) is 28.0 Å². The van der Waals surface area contributed by atoms with Crippen LogP contribution in [0.3, 0.4) is 0 Å². The average molecular weight is 304 g/mol. The van der Waals surface area contributed by atoms with E-state index in [9.17, 15) is 4.79 Å². The summed E-state index contributed by atoms with van der Waals surface area (Å²) in [5.74, 6) is 5.78. The molecule has 2 rings (SSSR count). The van der Waals surface area contributed by atoms with Gasteiger partial charge in [0.2, 0.25) is 0 Å². The molecule has 2 unspecified atom stereocenters. The third-order valence-corrected chi connectivity index (χ3v) is 4.39. The number of rotatable bonds is 2. The summed E-state index contributed by atoms with van der Waals surface area (Å²) in [5, 5.41) is 9.64. The Kier molecular flexibility index (Phi) is 5.66. The first-order chi connectivity index (χ1) is 10.1. The normalized spacial score (nSPS) is 21.6. The fraction of sp³-hybridized carbons (Fsp3) is 0.500. The lowest BCUT2D eigenvalue weighted by molar-refractivity contribution is 0.0753. The van der Waals surface area contributed by atoms with Crippen LogP contribution in [0.15, 0.2) is 18.5 Å². The van der Waals surface area contributed by atoms with Crippen LogP contribution in [-0.4, -0.2) is 51.1 Å². The van der Waals surface area contributed by atoms with E-state index >= 15 is 0 Å². The van der Waals surface area contributed by atoms with E-state index < -0.39 is 0 Å². The van der Waals surface area contributed by atoms with Crippen LogP contribution in [-0.2, 0) is 0 Å². The summed E-state index contributed by atoms with van der Waals surface area (Å²) in [4.78, 5) is 18.6. The van der Waals surface area contributed by atoms with E-state index in [1.165, 1.54) is 0 Å². The van der Waals surface area contributed by atoms with E-state index in [1.807, 2.05) is 16.7 Å². The molecular formula is C16H20N2O2S. The smallest absolute Gasteiger partial charge is 0.255 e. The lowest BCUT2D eigenvalue weighted by atomic mass is 10.1. The number of aliphatic hydroxyl groups is 1. The van der Waals surface area contributed by atoms with Gasteiger partial charge in [-0.2, -0.15) is 11.8 Å². The quantitative estimate of drug-likeness (QED) is 0.846.